The Morgan fingerprint density at radius 1 is 1.56 bits per heavy atom. The second kappa shape index (κ2) is 5.09. The molecule has 1 saturated carbocycles. The van der Waals surface area contributed by atoms with Crippen molar-refractivity contribution in [3.8, 4) is 0 Å². The number of rotatable bonds is 2. The van der Waals surface area contributed by atoms with Crippen molar-refractivity contribution in [1.29, 1.82) is 0 Å². The van der Waals surface area contributed by atoms with E-state index in [1.807, 2.05) is 32.0 Å². The lowest BCUT2D eigenvalue weighted by molar-refractivity contribution is -0.0689. The van der Waals surface area contributed by atoms with E-state index in [0.29, 0.717) is 12.0 Å². The molecule has 3 nitrogen and oxygen atoms in total. The number of aliphatic hydroxyl groups excluding tert-OH is 1. The Hall–Kier alpha value is -0.140. The van der Waals surface area contributed by atoms with Crippen LogP contribution in [-0.2, 0) is 0 Å². The Bertz CT molecular complexity index is 490. The van der Waals surface area contributed by atoms with Gasteiger partial charge in [-0.25, -0.2) is 0 Å². The molecule has 0 radical (unpaired) electrons. The van der Waals surface area contributed by atoms with Gasteiger partial charge in [-0.2, -0.15) is 0 Å². The number of amides is 1. The van der Waals surface area contributed by atoms with Crippen LogP contribution in [0.3, 0.4) is 0 Å². The fourth-order valence-corrected chi connectivity index (χ4v) is 3.00. The summed E-state index contributed by atoms with van der Waals surface area (Å²) in [5.74, 6) is -0.0781. The van der Waals surface area contributed by atoms with Crippen molar-refractivity contribution in [3.05, 3.63) is 31.8 Å². The maximum Gasteiger partial charge on any atom is 0.252 e. The molecule has 5 heteroatoms. The van der Waals surface area contributed by atoms with Crippen molar-refractivity contribution in [3.63, 3.8) is 0 Å². The first-order chi connectivity index (χ1) is 8.32. The fraction of sp³-hybridized carbons (Fsp3) is 0.462. The molecule has 2 N–H and O–H groups in total. The molecule has 18 heavy (non-hydrogen) atoms. The van der Waals surface area contributed by atoms with E-state index in [1.165, 1.54) is 0 Å². The summed E-state index contributed by atoms with van der Waals surface area (Å²) < 4.78 is 1.81. The standard InChI is InChI=1S/C13H15BrINO2/c1-13(2)10(6-11(13)17)16-12(18)8-5-7(14)3-4-9(8)15/h3-5,10-11,17H,6H2,1-2H3,(H,16,18). The molecule has 2 unspecified atom stereocenters. The summed E-state index contributed by atoms with van der Waals surface area (Å²) in [7, 11) is 0. The van der Waals surface area contributed by atoms with Crippen LogP contribution in [0.15, 0.2) is 22.7 Å². The van der Waals surface area contributed by atoms with Gasteiger partial charge >= 0.3 is 0 Å². The number of carbonyl (C=O) groups excluding carboxylic acids is 1. The molecule has 1 amide bonds. The molecule has 0 saturated heterocycles. The summed E-state index contributed by atoms with van der Waals surface area (Å²) in [6.07, 6.45) is 0.299. The van der Waals surface area contributed by atoms with Crippen LogP contribution in [0, 0.1) is 8.99 Å². The number of aliphatic hydroxyl groups is 1. The summed E-state index contributed by atoms with van der Waals surface area (Å²) in [6.45, 7) is 3.94. The van der Waals surface area contributed by atoms with Crippen LogP contribution < -0.4 is 5.32 Å². The van der Waals surface area contributed by atoms with Crippen molar-refractivity contribution in [1.82, 2.24) is 5.32 Å². The summed E-state index contributed by atoms with van der Waals surface area (Å²) in [5.41, 5.74) is 0.426. The first kappa shape index (κ1) is 14.3. The van der Waals surface area contributed by atoms with Gasteiger partial charge in [-0.1, -0.05) is 29.8 Å². The molecule has 0 bridgehead atoms. The molecule has 0 spiro atoms. The third-order valence-electron chi connectivity index (χ3n) is 3.69. The van der Waals surface area contributed by atoms with Crippen LogP contribution in [0.4, 0.5) is 0 Å². The molecular formula is C13H15BrINO2. The molecule has 1 aromatic rings. The minimum absolute atomic E-state index is 0.0368. The van der Waals surface area contributed by atoms with E-state index in [9.17, 15) is 9.90 Å². The Morgan fingerprint density at radius 2 is 2.22 bits per heavy atom. The van der Waals surface area contributed by atoms with Gasteiger partial charge in [-0.15, -0.1) is 0 Å². The van der Waals surface area contributed by atoms with Crippen LogP contribution in [0.2, 0.25) is 0 Å². The van der Waals surface area contributed by atoms with Crippen molar-refractivity contribution >= 4 is 44.4 Å². The number of hydrogen-bond donors (Lipinski definition) is 2. The van der Waals surface area contributed by atoms with Crippen molar-refractivity contribution in [2.75, 3.05) is 0 Å². The summed E-state index contributed by atoms with van der Waals surface area (Å²) in [4.78, 5) is 12.2. The minimum atomic E-state index is -0.329. The third kappa shape index (κ3) is 2.58. The minimum Gasteiger partial charge on any atom is -0.392 e. The zero-order valence-corrected chi connectivity index (χ0v) is 13.9. The van der Waals surface area contributed by atoms with Crippen molar-refractivity contribution in [2.24, 2.45) is 5.41 Å². The number of benzene rings is 1. The molecule has 2 atom stereocenters. The van der Waals surface area contributed by atoms with Gasteiger partial charge < -0.3 is 10.4 Å². The average Bonchev–Trinajstić information content (AvgIpc) is 2.31. The molecule has 1 aliphatic carbocycles. The van der Waals surface area contributed by atoms with E-state index in [1.54, 1.807) is 0 Å². The topological polar surface area (TPSA) is 49.3 Å². The van der Waals surface area contributed by atoms with Crippen molar-refractivity contribution in [2.45, 2.75) is 32.4 Å². The highest BCUT2D eigenvalue weighted by Gasteiger charge is 2.48. The van der Waals surface area contributed by atoms with Crippen LogP contribution in [0.5, 0.6) is 0 Å². The first-order valence-corrected chi connectivity index (χ1v) is 7.63. The highest BCUT2D eigenvalue weighted by Crippen LogP contribution is 2.40. The molecule has 1 aliphatic rings. The summed E-state index contributed by atoms with van der Waals surface area (Å²) >= 11 is 5.52. The van der Waals surface area contributed by atoms with Crippen LogP contribution >= 0.6 is 38.5 Å². The lowest BCUT2D eigenvalue weighted by Gasteiger charge is -2.49. The normalized spacial score (nSPS) is 25.4. The second-order valence-corrected chi connectivity index (χ2v) is 7.30. The monoisotopic (exact) mass is 423 g/mol. The number of hydrogen-bond acceptors (Lipinski definition) is 2. The lowest BCUT2D eigenvalue weighted by atomic mass is 9.64. The molecule has 1 fully saturated rings. The molecule has 0 aromatic heterocycles. The molecule has 1 aromatic carbocycles. The number of carbonyl (C=O) groups is 1. The predicted octanol–water partition coefficient (Wildman–Crippen LogP) is 2.94. The molecule has 98 valence electrons. The smallest absolute Gasteiger partial charge is 0.252 e. The Balaban J connectivity index is 2.12. The largest absolute Gasteiger partial charge is 0.392 e. The maximum atomic E-state index is 12.2. The average molecular weight is 424 g/mol. The van der Waals surface area contributed by atoms with Gasteiger partial charge in [0.2, 0.25) is 0 Å². The first-order valence-electron chi connectivity index (χ1n) is 5.76. The zero-order chi connectivity index (χ0) is 13.5. The molecule has 0 aliphatic heterocycles. The van der Waals surface area contributed by atoms with E-state index in [-0.39, 0.29) is 23.5 Å². The highest BCUT2D eigenvalue weighted by atomic mass is 127. The lowest BCUT2D eigenvalue weighted by Crippen LogP contribution is -2.61. The second-order valence-electron chi connectivity index (χ2n) is 5.22. The van der Waals surface area contributed by atoms with E-state index < -0.39 is 0 Å². The predicted molar refractivity (Wildman–Crippen MR) is 82.5 cm³/mol. The van der Waals surface area contributed by atoms with Gasteiger partial charge in [0, 0.05) is 19.5 Å². The zero-order valence-electron chi connectivity index (χ0n) is 10.2. The molecule has 0 heterocycles. The molecule has 2 rings (SSSR count). The third-order valence-corrected chi connectivity index (χ3v) is 5.13. The van der Waals surface area contributed by atoms with Gasteiger partial charge in [0.05, 0.1) is 11.7 Å². The van der Waals surface area contributed by atoms with E-state index in [0.717, 1.165) is 8.04 Å². The highest BCUT2D eigenvalue weighted by molar-refractivity contribution is 14.1. The van der Waals surface area contributed by atoms with Crippen LogP contribution in [0.1, 0.15) is 30.6 Å². The van der Waals surface area contributed by atoms with Crippen molar-refractivity contribution < 1.29 is 9.90 Å². The van der Waals surface area contributed by atoms with Gasteiger partial charge in [0.1, 0.15) is 0 Å². The quantitative estimate of drug-likeness (QED) is 0.718. The Kier molecular flexibility index (Phi) is 4.04. The number of halogens is 2. The number of nitrogens with one attached hydrogen (secondary N) is 1. The Morgan fingerprint density at radius 3 is 2.78 bits per heavy atom. The van der Waals surface area contributed by atoms with E-state index in [4.69, 9.17) is 0 Å². The van der Waals surface area contributed by atoms with Gasteiger partial charge in [0.15, 0.2) is 0 Å². The maximum absolute atomic E-state index is 12.2. The van der Waals surface area contributed by atoms with Gasteiger partial charge in [-0.05, 0) is 47.2 Å². The van der Waals surface area contributed by atoms with E-state index in [2.05, 4.69) is 43.8 Å². The summed E-state index contributed by atoms with van der Waals surface area (Å²) in [6, 6.07) is 5.67. The van der Waals surface area contributed by atoms with Gasteiger partial charge in [-0.3, -0.25) is 4.79 Å². The van der Waals surface area contributed by atoms with E-state index >= 15 is 0 Å². The Labute approximate surface area is 129 Å². The van der Waals surface area contributed by atoms with Crippen LogP contribution in [-0.4, -0.2) is 23.2 Å². The fourth-order valence-electron chi connectivity index (χ4n) is 2.05. The van der Waals surface area contributed by atoms with Crippen LogP contribution in [0.25, 0.3) is 0 Å². The van der Waals surface area contributed by atoms with Gasteiger partial charge in [0.25, 0.3) is 5.91 Å². The molecular weight excluding hydrogens is 409 g/mol. The SMILES string of the molecule is CC1(C)C(O)CC1NC(=O)c1cc(Br)ccc1I. The summed E-state index contributed by atoms with van der Waals surface area (Å²) in [5, 5.41) is 12.7.